The Morgan fingerprint density at radius 3 is 2.16 bits per heavy atom. The lowest BCUT2D eigenvalue weighted by molar-refractivity contribution is -0.127. The summed E-state index contributed by atoms with van der Waals surface area (Å²) in [5.74, 6) is 8.36. The number of rotatable bonds is 6. The average Bonchev–Trinajstić information content (AvgIpc) is 3.08. The van der Waals surface area contributed by atoms with Crippen molar-refractivity contribution in [3.05, 3.63) is 0 Å². The second-order valence-electron chi connectivity index (χ2n) is 13.9. The zero-order valence-electron chi connectivity index (χ0n) is 22.0. The maximum Gasteiger partial charge on any atom is 0.0462 e. The van der Waals surface area contributed by atoms with E-state index >= 15 is 0 Å². The normalized spacial score (nSPS) is 47.9. The van der Waals surface area contributed by atoms with Crippen molar-refractivity contribution in [1.82, 2.24) is 0 Å². The molecule has 31 heavy (non-hydrogen) atoms. The molecule has 0 unspecified atom stereocenters. The number of aliphatic hydroxyl groups excluding tert-OH is 1. The summed E-state index contributed by atoms with van der Waals surface area (Å²) in [6.45, 7) is 17.9. The Labute approximate surface area is 194 Å². The minimum Gasteiger partial charge on any atom is -0.396 e. The van der Waals surface area contributed by atoms with Crippen molar-refractivity contribution in [2.45, 2.75) is 113 Å². The predicted molar refractivity (Wildman–Crippen MR) is 133 cm³/mol. The van der Waals surface area contributed by atoms with E-state index in [4.69, 9.17) is 0 Å². The van der Waals surface area contributed by atoms with Gasteiger partial charge < -0.3 is 5.11 Å². The molecular weight excluding hydrogens is 376 g/mol. The first kappa shape index (κ1) is 24.1. The molecule has 0 amide bonds. The van der Waals surface area contributed by atoms with Gasteiger partial charge in [0.15, 0.2) is 0 Å². The Hall–Kier alpha value is -0.0400. The molecule has 4 fully saturated rings. The molecule has 4 aliphatic rings. The van der Waals surface area contributed by atoms with Crippen LogP contribution in [-0.4, -0.2) is 11.7 Å². The molecule has 4 aliphatic carbocycles. The van der Waals surface area contributed by atoms with E-state index in [1.165, 1.54) is 64.2 Å². The lowest BCUT2D eigenvalue weighted by Gasteiger charge is -2.62. The zero-order valence-corrected chi connectivity index (χ0v) is 22.0. The largest absolute Gasteiger partial charge is 0.396 e. The van der Waals surface area contributed by atoms with Crippen molar-refractivity contribution >= 4 is 0 Å². The zero-order chi connectivity index (χ0) is 22.6. The van der Waals surface area contributed by atoms with Gasteiger partial charge in [-0.15, -0.1) is 0 Å². The predicted octanol–water partition coefficient (Wildman–Crippen LogP) is 8.21. The second-order valence-corrected chi connectivity index (χ2v) is 13.9. The molecule has 1 heteroatoms. The van der Waals surface area contributed by atoms with E-state index in [9.17, 15) is 5.11 Å². The number of hydrogen-bond acceptors (Lipinski definition) is 1. The fourth-order valence-corrected chi connectivity index (χ4v) is 10.4. The van der Waals surface area contributed by atoms with E-state index in [0.717, 1.165) is 41.4 Å². The molecule has 11 atom stereocenters. The fourth-order valence-electron chi connectivity index (χ4n) is 10.4. The first-order chi connectivity index (χ1) is 14.6. The van der Waals surface area contributed by atoms with E-state index in [1.54, 1.807) is 0 Å². The molecule has 0 aromatic carbocycles. The summed E-state index contributed by atoms with van der Waals surface area (Å²) in [6.07, 6.45) is 14.7. The number of hydrogen-bond donors (Lipinski definition) is 1. The molecule has 0 aliphatic heterocycles. The maximum atomic E-state index is 10.1. The molecule has 0 aromatic rings. The molecular formula is C30H54O. The Balaban J connectivity index is 1.49. The van der Waals surface area contributed by atoms with E-state index in [1.807, 2.05) is 0 Å². The molecule has 1 N–H and O–H groups in total. The first-order valence-electron chi connectivity index (χ1n) is 14.2. The van der Waals surface area contributed by atoms with Crippen molar-refractivity contribution in [3.8, 4) is 0 Å². The lowest BCUT2D eigenvalue weighted by atomic mass is 9.43. The highest BCUT2D eigenvalue weighted by atomic mass is 16.3. The van der Waals surface area contributed by atoms with Crippen molar-refractivity contribution < 1.29 is 5.11 Å². The summed E-state index contributed by atoms with van der Waals surface area (Å²) in [5, 5.41) is 10.1. The SMILES string of the molecule is CC(C)[C@H](C)[C@H](CO)C[C@@H](C)[C@H]1CC[C@H]2[C@@H]3CC[C@H]4[C@H](C)CCC[C@]4(C)[C@H]3CC[C@]12C. The van der Waals surface area contributed by atoms with Gasteiger partial charge in [0.1, 0.15) is 0 Å². The molecule has 0 bridgehead atoms. The van der Waals surface area contributed by atoms with Crippen LogP contribution < -0.4 is 0 Å². The smallest absolute Gasteiger partial charge is 0.0462 e. The van der Waals surface area contributed by atoms with Crippen LogP contribution >= 0.6 is 0 Å². The molecule has 0 saturated heterocycles. The van der Waals surface area contributed by atoms with E-state index < -0.39 is 0 Å². The molecule has 4 rings (SSSR count). The van der Waals surface area contributed by atoms with Gasteiger partial charge in [0.05, 0.1) is 0 Å². The highest BCUT2D eigenvalue weighted by molar-refractivity contribution is 5.10. The van der Waals surface area contributed by atoms with Gasteiger partial charge in [-0.1, -0.05) is 61.3 Å². The molecule has 0 spiro atoms. The third kappa shape index (κ3) is 3.95. The monoisotopic (exact) mass is 430 g/mol. The Morgan fingerprint density at radius 1 is 0.806 bits per heavy atom. The van der Waals surface area contributed by atoms with Gasteiger partial charge in [-0.05, 0) is 121 Å². The van der Waals surface area contributed by atoms with Crippen LogP contribution in [0.5, 0.6) is 0 Å². The van der Waals surface area contributed by atoms with Gasteiger partial charge in [-0.2, -0.15) is 0 Å². The molecule has 0 radical (unpaired) electrons. The summed E-state index contributed by atoms with van der Waals surface area (Å²) >= 11 is 0. The third-order valence-corrected chi connectivity index (χ3v) is 12.5. The first-order valence-corrected chi connectivity index (χ1v) is 14.2. The number of fused-ring (bicyclic) bond motifs is 5. The van der Waals surface area contributed by atoms with E-state index in [0.29, 0.717) is 35.2 Å². The van der Waals surface area contributed by atoms with Gasteiger partial charge in [0.25, 0.3) is 0 Å². The van der Waals surface area contributed by atoms with E-state index in [2.05, 4.69) is 48.5 Å². The highest BCUT2D eigenvalue weighted by Crippen LogP contribution is 2.69. The van der Waals surface area contributed by atoms with E-state index in [-0.39, 0.29) is 0 Å². The van der Waals surface area contributed by atoms with Gasteiger partial charge in [-0.3, -0.25) is 0 Å². The van der Waals surface area contributed by atoms with Crippen LogP contribution in [0.15, 0.2) is 0 Å². The van der Waals surface area contributed by atoms with Gasteiger partial charge in [0, 0.05) is 6.61 Å². The Kier molecular flexibility index (Phi) is 6.96. The van der Waals surface area contributed by atoms with Crippen LogP contribution in [0.2, 0.25) is 0 Å². The summed E-state index contributed by atoms with van der Waals surface area (Å²) < 4.78 is 0. The lowest BCUT2D eigenvalue weighted by Crippen LogP contribution is -2.54. The summed E-state index contributed by atoms with van der Waals surface area (Å²) in [7, 11) is 0. The van der Waals surface area contributed by atoms with Crippen molar-refractivity contribution in [3.63, 3.8) is 0 Å². The van der Waals surface area contributed by atoms with Crippen molar-refractivity contribution in [2.75, 3.05) is 6.61 Å². The molecule has 180 valence electrons. The third-order valence-electron chi connectivity index (χ3n) is 12.5. The van der Waals surface area contributed by atoms with Crippen LogP contribution in [0.4, 0.5) is 0 Å². The van der Waals surface area contributed by atoms with Gasteiger partial charge >= 0.3 is 0 Å². The van der Waals surface area contributed by atoms with Crippen LogP contribution in [-0.2, 0) is 0 Å². The topological polar surface area (TPSA) is 20.2 Å². The van der Waals surface area contributed by atoms with Crippen LogP contribution in [0.1, 0.15) is 113 Å². The maximum absolute atomic E-state index is 10.1. The summed E-state index contributed by atoms with van der Waals surface area (Å²) in [6, 6.07) is 0. The van der Waals surface area contributed by atoms with Crippen LogP contribution in [0.3, 0.4) is 0 Å². The minimum absolute atomic E-state index is 0.374. The van der Waals surface area contributed by atoms with Crippen molar-refractivity contribution in [2.24, 2.45) is 70.0 Å². The quantitative estimate of drug-likeness (QED) is 0.450. The van der Waals surface area contributed by atoms with Crippen LogP contribution in [0.25, 0.3) is 0 Å². The average molecular weight is 431 g/mol. The van der Waals surface area contributed by atoms with Gasteiger partial charge in [0.2, 0.25) is 0 Å². The fraction of sp³-hybridized carbons (Fsp3) is 1.00. The summed E-state index contributed by atoms with van der Waals surface area (Å²) in [4.78, 5) is 0. The molecule has 0 aromatic heterocycles. The number of aliphatic hydroxyl groups is 1. The minimum atomic E-state index is 0.374. The Bertz CT molecular complexity index is 612. The molecule has 4 saturated carbocycles. The highest BCUT2D eigenvalue weighted by Gasteiger charge is 2.60. The molecule has 0 heterocycles. The Morgan fingerprint density at radius 2 is 1.48 bits per heavy atom. The van der Waals surface area contributed by atoms with Gasteiger partial charge in [-0.25, -0.2) is 0 Å². The van der Waals surface area contributed by atoms with Crippen LogP contribution in [0, 0.1) is 70.0 Å². The molecule has 1 nitrogen and oxygen atoms in total. The summed E-state index contributed by atoms with van der Waals surface area (Å²) in [5.41, 5.74) is 1.20. The standard InChI is InChI=1S/C30H54O/c1-19(2)22(5)23(18-31)17-21(4)26-12-13-27-24-10-11-25-20(3)9-8-15-29(25,6)28(24)14-16-30(26,27)7/h19-28,31H,8-18H2,1-7H3/t20-,21-,22+,23+,24+,25+,26-,27+,28+,29+,30-/m1/s1. The van der Waals surface area contributed by atoms with Crippen molar-refractivity contribution in [1.29, 1.82) is 0 Å². The second kappa shape index (κ2) is 8.96.